The first kappa shape index (κ1) is 21.1. The number of benzene rings is 1. The number of anilines is 1. The summed E-state index contributed by atoms with van der Waals surface area (Å²) in [6.45, 7) is 1.80. The molecule has 1 N–H and O–H groups in total. The molecule has 2 heterocycles. The quantitative estimate of drug-likeness (QED) is 0.527. The number of carbonyl (C=O) groups is 1. The van der Waals surface area contributed by atoms with Crippen LogP contribution in [0.4, 0.5) is 14.5 Å². The zero-order valence-electron chi connectivity index (χ0n) is 17.5. The highest BCUT2D eigenvalue weighted by atomic mass is 19.1. The Morgan fingerprint density at radius 1 is 1.10 bits per heavy atom. The maximum Gasteiger partial charge on any atom is 0.274 e. The molecule has 0 saturated heterocycles. The van der Waals surface area contributed by atoms with E-state index in [4.69, 9.17) is 0 Å². The third kappa shape index (κ3) is 4.48. The molecule has 0 radical (unpaired) electrons. The van der Waals surface area contributed by atoms with Gasteiger partial charge in [-0.1, -0.05) is 38.3 Å². The van der Waals surface area contributed by atoms with Gasteiger partial charge in [-0.25, -0.2) is 13.8 Å². The Morgan fingerprint density at radius 3 is 2.68 bits per heavy atom. The second-order valence-corrected chi connectivity index (χ2v) is 7.91. The largest absolute Gasteiger partial charge is 0.319 e. The van der Waals surface area contributed by atoms with Crippen molar-refractivity contribution in [2.24, 2.45) is 0 Å². The lowest BCUT2D eigenvalue weighted by Gasteiger charge is -2.24. The van der Waals surface area contributed by atoms with Gasteiger partial charge in [-0.05, 0) is 60.6 Å². The molecule has 1 fully saturated rings. The SMILES string of the molecule is CCc1ccc(F)c(-c2cccc(C(=O)Nc3cnccc3C3CCCCC3)n2)c1F. The van der Waals surface area contributed by atoms with Crippen LogP contribution in [0.2, 0.25) is 0 Å². The van der Waals surface area contributed by atoms with Gasteiger partial charge in [0.1, 0.15) is 17.3 Å². The number of aryl methyl sites for hydroxylation is 1. The van der Waals surface area contributed by atoms with E-state index in [1.54, 1.807) is 25.4 Å². The molecule has 1 saturated carbocycles. The number of nitrogens with one attached hydrogen (secondary N) is 1. The van der Waals surface area contributed by atoms with Crippen molar-refractivity contribution in [3.8, 4) is 11.3 Å². The van der Waals surface area contributed by atoms with Crippen LogP contribution in [0.1, 0.15) is 66.6 Å². The van der Waals surface area contributed by atoms with Crippen molar-refractivity contribution in [1.82, 2.24) is 9.97 Å². The number of rotatable bonds is 5. The Hall–Kier alpha value is -3.15. The van der Waals surface area contributed by atoms with Gasteiger partial charge in [0, 0.05) is 6.20 Å². The molecule has 1 aliphatic rings. The summed E-state index contributed by atoms with van der Waals surface area (Å²) in [5.74, 6) is -1.38. The summed E-state index contributed by atoms with van der Waals surface area (Å²) in [5.41, 5.74) is 2.12. The average molecular weight is 421 g/mol. The minimum Gasteiger partial charge on any atom is -0.319 e. The molecular formula is C25H25F2N3O. The summed E-state index contributed by atoms with van der Waals surface area (Å²) < 4.78 is 29.2. The second kappa shape index (κ2) is 9.33. The van der Waals surface area contributed by atoms with Gasteiger partial charge in [0.25, 0.3) is 5.91 Å². The van der Waals surface area contributed by atoms with Gasteiger partial charge in [0.15, 0.2) is 0 Å². The molecule has 31 heavy (non-hydrogen) atoms. The molecule has 6 heteroatoms. The summed E-state index contributed by atoms with van der Waals surface area (Å²) >= 11 is 0. The van der Waals surface area contributed by atoms with E-state index in [2.05, 4.69) is 15.3 Å². The van der Waals surface area contributed by atoms with E-state index in [0.717, 1.165) is 18.4 Å². The molecule has 4 nitrogen and oxygen atoms in total. The van der Waals surface area contributed by atoms with Gasteiger partial charge in [-0.2, -0.15) is 0 Å². The van der Waals surface area contributed by atoms with Crippen molar-refractivity contribution in [1.29, 1.82) is 0 Å². The molecule has 1 aliphatic carbocycles. The normalized spacial score (nSPS) is 14.4. The lowest BCUT2D eigenvalue weighted by atomic mass is 9.84. The lowest BCUT2D eigenvalue weighted by Crippen LogP contribution is -2.17. The Bertz CT molecular complexity index is 1090. The Labute approximate surface area is 180 Å². The maximum absolute atomic E-state index is 14.8. The molecule has 0 bridgehead atoms. The molecule has 4 rings (SSSR count). The highest BCUT2D eigenvalue weighted by molar-refractivity contribution is 6.03. The van der Waals surface area contributed by atoms with Crippen molar-refractivity contribution in [3.05, 3.63) is 77.2 Å². The van der Waals surface area contributed by atoms with Crippen LogP contribution in [0.25, 0.3) is 11.3 Å². The maximum atomic E-state index is 14.8. The Morgan fingerprint density at radius 2 is 1.90 bits per heavy atom. The third-order valence-electron chi connectivity index (χ3n) is 5.94. The molecule has 3 aromatic rings. The fraction of sp³-hybridized carbons (Fsp3) is 0.320. The van der Waals surface area contributed by atoms with Crippen molar-refractivity contribution in [2.75, 3.05) is 5.32 Å². The van der Waals surface area contributed by atoms with Crippen molar-refractivity contribution < 1.29 is 13.6 Å². The van der Waals surface area contributed by atoms with Crippen LogP contribution >= 0.6 is 0 Å². The number of nitrogens with zero attached hydrogens (tertiary/aromatic N) is 2. The highest BCUT2D eigenvalue weighted by Crippen LogP contribution is 2.36. The molecule has 0 spiro atoms. The Balaban J connectivity index is 1.62. The van der Waals surface area contributed by atoms with Gasteiger partial charge >= 0.3 is 0 Å². The number of amides is 1. The molecule has 0 unspecified atom stereocenters. The van der Waals surface area contributed by atoms with Crippen LogP contribution in [-0.4, -0.2) is 15.9 Å². The molecule has 2 aromatic heterocycles. The first-order valence-corrected chi connectivity index (χ1v) is 10.8. The van der Waals surface area contributed by atoms with Gasteiger partial charge in [-0.3, -0.25) is 9.78 Å². The predicted octanol–water partition coefficient (Wildman–Crippen LogP) is 6.28. The summed E-state index contributed by atoms with van der Waals surface area (Å²) in [7, 11) is 0. The lowest BCUT2D eigenvalue weighted by molar-refractivity contribution is 0.102. The number of halogens is 2. The van der Waals surface area contributed by atoms with E-state index < -0.39 is 17.5 Å². The average Bonchev–Trinajstić information content (AvgIpc) is 2.80. The van der Waals surface area contributed by atoms with Crippen LogP contribution in [0.15, 0.2) is 48.8 Å². The predicted molar refractivity (Wildman–Crippen MR) is 117 cm³/mol. The zero-order chi connectivity index (χ0) is 21.8. The van der Waals surface area contributed by atoms with Crippen molar-refractivity contribution in [3.63, 3.8) is 0 Å². The zero-order valence-corrected chi connectivity index (χ0v) is 17.5. The van der Waals surface area contributed by atoms with Crippen LogP contribution in [0.3, 0.4) is 0 Å². The first-order valence-electron chi connectivity index (χ1n) is 10.8. The number of pyridine rings is 2. The monoisotopic (exact) mass is 421 g/mol. The van der Waals surface area contributed by atoms with E-state index in [-0.39, 0.29) is 17.0 Å². The van der Waals surface area contributed by atoms with Crippen molar-refractivity contribution >= 4 is 11.6 Å². The fourth-order valence-corrected chi connectivity index (χ4v) is 4.27. The standard InChI is InChI=1S/C25H25F2N3O/c1-2-16-11-12-19(26)23(24(16)27)20-9-6-10-21(29-20)25(31)30-22-15-28-14-13-18(22)17-7-4-3-5-8-17/h6,9-15,17H,2-5,7-8H2,1H3,(H,30,31). The molecule has 0 aliphatic heterocycles. The van der Waals surface area contributed by atoms with Gasteiger partial charge in [0.2, 0.25) is 0 Å². The van der Waals surface area contributed by atoms with Gasteiger partial charge in [0.05, 0.1) is 23.1 Å². The number of hydrogen-bond acceptors (Lipinski definition) is 3. The number of aromatic nitrogens is 2. The van der Waals surface area contributed by atoms with E-state index in [9.17, 15) is 13.6 Å². The van der Waals surface area contributed by atoms with Crippen LogP contribution in [-0.2, 0) is 6.42 Å². The fourth-order valence-electron chi connectivity index (χ4n) is 4.27. The molecule has 0 atom stereocenters. The van der Waals surface area contributed by atoms with Gasteiger partial charge < -0.3 is 5.32 Å². The summed E-state index contributed by atoms with van der Waals surface area (Å²) in [5, 5.41) is 2.90. The smallest absolute Gasteiger partial charge is 0.274 e. The molecule has 160 valence electrons. The molecule has 1 aromatic carbocycles. The highest BCUT2D eigenvalue weighted by Gasteiger charge is 2.21. The minimum atomic E-state index is -0.702. The second-order valence-electron chi connectivity index (χ2n) is 7.91. The summed E-state index contributed by atoms with van der Waals surface area (Å²) in [6.07, 6.45) is 9.60. The van der Waals surface area contributed by atoms with E-state index in [0.29, 0.717) is 23.6 Å². The molecular weight excluding hydrogens is 396 g/mol. The number of hydrogen-bond donors (Lipinski definition) is 1. The summed E-state index contributed by atoms with van der Waals surface area (Å²) in [4.78, 5) is 21.4. The van der Waals surface area contributed by atoms with Crippen molar-refractivity contribution in [2.45, 2.75) is 51.4 Å². The Kier molecular flexibility index (Phi) is 6.35. The van der Waals surface area contributed by atoms with Gasteiger partial charge in [-0.15, -0.1) is 0 Å². The third-order valence-corrected chi connectivity index (χ3v) is 5.94. The van der Waals surface area contributed by atoms with E-state index >= 15 is 0 Å². The van der Waals surface area contributed by atoms with Crippen LogP contribution in [0.5, 0.6) is 0 Å². The van der Waals surface area contributed by atoms with Crippen LogP contribution < -0.4 is 5.32 Å². The summed E-state index contributed by atoms with van der Waals surface area (Å²) in [6, 6.07) is 9.25. The van der Waals surface area contributed by atoms with Crippen LogP contribution in [0, 0.1) is 11.6 Å². The van der Waals surface area contributed by atoms with E-state index in [1.165, 1.54) is 43.5 Å². The minimum absolute atomic E-state index is 0.0941. The molecule has 1 amide bonds. The number of carbonyl (C=O) groups excluding carboxylic acids is 1. The topological polar surface area (TPSA) is 54.9 Å². The first-order chi connectivity index (χ1) is 15.1. The van der Waals surface area contributed by atoms with E-state index in [1.807, 2.05) is 6.07 Å².